The van der Waals surface area contributed by atoms with Crippen LogP contribution in [0.25, 0.3) is 0 Å². The average molecular weight is 455 g/mol. The Morgan fingerprint density at radius 2 is 1.74 bits per heavy atom. The van der Waals surface area contributed by atoms with Crippen LogP contribution in [0.15, 0.2) is 34.3 Å². The summed E-state index contributed by atoms with van der Waals surface area (Å²) in [5.74, 6) is 0.909. The van der Waals surface area contributed by atoms with Crippen LogP contribution in [0.5, 0.6) is 5.75 Å². The van der Waals surface area contributed by atoms with E-state index < -0.39 is 15.8 Å². The van der Waals surface area contributed by atoms with E-state index in [2.05, 4.69) is 9.98 Å². The molecule has 1 aromatic rings. The first kappa shape index (κ1) is 24.4. The van der Waals surface area contributed by atoms with E-state index in [9.17, 15) is 13.2 Å². The van der Waals surface area contributed by atoms with Gasteiger partial charge in [0.1, 0.15) is 11.4 Å². The third kappa shape index (κ3) is 7.10. The topological polar surface area (TPSA) is 164 Å². The van der Waals surface area contributed by atoms with Crippen LogP contribution in [0.2, 0.25) is 0 Å². The van der Waals surface area contributed by atoms with E-state index in [0.717, 1.165) is 31.6 Å². The van der Waals surface area contributed by atoms with Crippen LogP contribution in [-0.4, -0.2) is 66.8 Å². The van der Waals surface area contributed by atoms with Crippen LogP contribution >= 0.6 is 0 Å². The second kappa shape index (κ2) is 9.96. The molecule has 2 heterocycles. The highest BCUT2D eigenvalue weighted by molar-refractivity contribution is 7.85. The molecule has 1 aromatic carbocycles. The molecule has 2 aliphatic rings. The van der Waals surface area contributed by atoms with E-state index in [0.29, 0.717) is 5.75 Å². The molecule has 172 valence electrons. The molecule has 0 bridgehead atoms. The Balaban J connectivity index is 0.000000501. The van der Waals surface area contributed by atoms with E-state index >= 15 is 0 Å². The molecule has 1 saturated heterocycles. The Labute approximate surface area is 182 Å². The first-order chi connectivity index (χ1) is 14.4. The number of rotatable bonds is 5. The maximum absolute atomic E-state index is 12.0. The molecular weight excluding hydrogens is 424 g/mol. The number of guanidine groups is 2. The SMILES string of the molecule is CC1(C)N=C(N)N=C(N)N1c1ccc(OCC(=O)N2CCCC2)cc1.CCS(=O)(=O)O. The predicted molar refractivity (Wildman–Crippen MR) is 120 cm³/mol. The van der Waals surface area contributed by atoms with Gasteiger partial charge in [-0.15, -0.1) is 0 Å². The van der Waals surface area contributed by atoms with Gasteiger partial charge in [0.05, 0.1) is 5.75 Å². The summed E-state index contributed by atoms with van der Waals surface area (Å²) in [6.45, 7) is 6.89. The van der Waals surface area contributed by atoms with Crippen LogP contribution < -0.4 is 21.1 Å². The number of nitrogens with two attached hydrogens (primary N) is 2. The highest BCUT2D eigenvalue weighted by Crippen LogP contribution is 2.28. The molecule has 2 aliphatic heterocycles. The Morgan fingerprint density at radius 1 is 1.19 bits per heavy atom. The zero-order valence-electron chi connectivity index (χ0n) is 18.0. The van der Waals surface area contributed by atoms with Crippen LogP contribution in [0.1, 0.15) is 33.6 Å². The fraction of sp³-hybridized carbons (Fsp3) is 0.526. The molecule has 31 heavy (non-hydrogen) atoms. The first-order valence-corrected chi connectivity index (χ1v) is 11.5. The number of carbonyl (C=O) groups is 1. The standard InChI is InChI=1S/C17H24N6O2.C2H6O3S/c1-17(2)21-15(18)20-16(19)23(17)12-5-7-13(8-6-12)25-11-14(24)22-9-3-4-10-22;1-2-6(3,4)5/h5-8H,3-4,9-11H2,1-2H3,(H4,18,19,20,21);2H2,1H3,(H,3,4,5). The van der Waals surface area contributed by atoms with Crippen molar-refractivity contribution >= 4 is 33.6 Å². The summed E-state index contributed by atoms with van der Waals surface area (Å²) in [5.41, 5.74) is 11.9. The van der Waals surface area contributed by atoms with Gasteiger partial charge >= 0.3 is 0 Å². The molecule has 0 aromatic heterocycles. The van der Waals surface area contributed by atoms with Crippen molar-refractivity contribution < 1.29 is 22.5 Å². The molecule has 0 saturated carbocycles. The third-order valence-electron chi connectivity index (χ3n) is 4.67. The normalized spacial score (nSPS) is 17.9. The lowest BCUT2D eigenvalue weighted by atomic mass is 10.1. The molecule has 0 aliphatic carbocycles. The molecule has 0 atom stereocenters. The van der Waals surface area contributed by atoms with Gasteiger partial charge in [0.25, 0.3) is 16.0 Å². The number of carbonyl (C=O) groups excluding carboxylic acids is 1. The Kier molecular flexibility index (Phi) is 7.85. The lowest BCUT2D eigenvalue weighted by Gasteiger charge is -2.38. The minimum atomic E-state index is -3.66. The summed E-state index contributed by atoms with van der Waals surface area (Å²) < 4.78 is 32.5. The largest absolute Gasteiger partial charge is 0.484 e. The number of benzene rings is 1. The van der Waals surface area contributed by atoms with E-state index in [-0.39, 0.29) is 30.2 Å². The summed E-state index contributed by atoms with van der Waals surface area (Å²) in [4.78, 5) is 24.0. The summed E-state index contributed by atoms with van der Waals surface area (Å²) in [6, 6.07) is 7.32. The lowest BCUT2D eigenvalue weighted by molar-refractivity contribution is -0.132. The zero-order valence-corrected chi connectivity index (χ0v) is 18.8. The van der Waals surface area contributed by atoms with Gasteiger partial charge in [-0.2, -0.15) is 13.4 Å². The first-order valence-electron chi connectivity index (χ1n) is 9.88. The fourth-order valence-electron chi connectivity index (χ4n) is 3.15. The van der Waals surface area contributed by atoms with Crippen molar-refractivity contribution in [1.82, 2.24) is 4.90 Å². The number of ether oxygens (including phenoxy) is 1. The third-order valence-corrected chi connectivity index (χ3v) is 5.40. The predicted octanol–water partition coefficient (Wildman–Crippen LogP) is 0.767. The van der Waals surface area contributed by atoms with Crippen LogP contribution in [0.4, 0.5) is 5.69 Å². The van der Waals surface area contributed by atoms with Crippen LogP contribution in [-0.2, 0) is 14.9 Å². The number of likely N-dealkylation sites (tertiary alicyclic amines) is 1. The lowest BCUT2D eigenvalue weighted by Crippen LogP contribution is -2.54. The molecule has 1 amide bonds. The van der Waals surface area contributed by atoms with Gasteiger partial charge in [-0.3, -0.25) is 14.2 Å². The highest BCUT2D eigenvalue weighted by Gasteiger charge is 2.32. The fourth-order valence-corrected chi connectivity index (χ4v) is 3.15. The Hall–Kier alpha value is -2.86. The van der Waals surface area contributed by atoms with Crippen molar-refractivity contribution in [3.8, 4) is 5.75 Å². The summed E-state index contributed by atoms with van der Waals surface area (Å²) in [7, 11) is -3.66. The molecular formula is C19H30N6O5S. The molecule has 11 nitrogen and oxygen atoms in total. The van der Waals surface area contributed by atoms with E-state index in [1.165, 1.54) is 6.92 Å². The van der Waals surface area contributed by atoms with Crippen LogP contribution in [0.3, 0.4) is 0 Å². The Morgan fingerprint density at radius 3 is 2.23 bits per heavy atom. The van der Waals surface area contributed by atoms with E-state index in [1.54, 1.807) is 17.0 Å². The highest BCUT2D eigenvalue weighted by atomic mass is 32.2. The van der Waals surface area contributed by atoms with Gasteiger partial charge < -0.3 is 21.1 Å². The monoisotopic (exact) mass is 454 g/mol. The molecule has 0 unspecified atom stereocenters. The smallest absolute Gasteiger partial charge is 0.264 e. The molecule has 1 fully saturated rings. The number of aliphatic imine (C=N–C) groups is 2. The van der Waals surface area contributed by atoms with Crippen molar-refractivity contribution in [3.05, 3.63) is 24.3 Å². The average Bonchev–Trinajstić information content (AvgIpc) is 3.20. The number of amides is 1. The second-order valence-electron chi connectivity index (χ2n) is 7.51. The van der Waals surface area contributed by atoms with Crippen molar-refractivity contribution in [1.29, 1.82) is 0 Å². The Bertz CT molecular complexity index is 937. The minimum Gasteiger partial charge on any atom is -0.484 e. The summed E-state index contributed by atoms with van der Waals surface area (Å²) in [6.07, 6.45) is 2.14. The second-order valence-corrected chi connectivity index (χ2v) is 9.25. The quantitative estimate of drug-likeness (QED) is 0.549. The van der Waals surface area contributed by atoms with Gasteiger partial charge in [0.15, 0.2) is 6.61 Å². The molecule has 3 rings (SSSR count). The van der Waals surface area contributed by atoms with Crippen molar-refractivity contribution in [2.75, 3.05) is 30.3 Å². The number of nitrogens with zero attached hydrogens (tertiary/aromatic N) is 4. The van der Waals surface area contributed by atoms with Gasteiger partial charge in [-0.25, -0.2) is 4.99 Å². The summed E-state index contributed by atoms with van der Waals surface area (Å²) in [5, 5.41) is 0. The molecule has 12 heteroatoms. The maximum Gasteiger partial charge on any atom is 0.264 e. The summed E-state index contributed by atoms with van der Waals surface area (Å²) >= 11 is 0. The molecule has 0 radical (unpaired) electrons. The zero-order chi connectivity index (χ0) is 23.2. The minimum absolute atomic E-state index is 0.0277. The molecule has 5 N–H and O–H groups in total. The van der Waals surface area contributed by atoms with Gasteiger partial charge in [-0.05, 0) is 57.9 Å². The number of hydrogen-bond acceptors (Lipinski definition) is 9. The molecule has 0 spiro atoms. The van der Waals surface area contributed by atoms with E-state index in [4.69, 9.17) is 20.8 Å². The van der Waals surface area contributed by atoms with E-state index in [1.807, 2.05) is 30.9 Å². The van der Waals surface area contributed by atoms with Crippen LogP contribution in [0, 0.1) is 0 Å². The number of anilines is 1. The van der Waals surface area contributed by atoms with Crippen molar-refractivity contribution in [3.63, 3.8) is 0 Å². The van der Waals surface area contributed by atoms with Crippen molar-refractivity contribution in [2.24, 2.45) is 21.5 Å². The van der Waals surface area contributed by atoms with Gasteiger partial charge in [0.2, 0.25) is 11.9 Å². The van der Waals surface area contributed by atoms with Gasteiger partial charge in [0, 0.05) is 18.8 Å². The van der Waals surface area contributed by atoms with Crippen molar-refractivity contribution in [2.45, 2.75) is 39.3 Å². The number of hydrogen-bond donors (Lipinski definition) is 3. The maximum atomic E-state index is 12.0. The van der Waals surface area contributed by atoms with Gasteiger partial charge in [-0.1, -0.05) is 0 Å².